The van der Waals surface area contributed by atoms with E-state index in [0.29, 0.717) is 0 Å². The van der Waals surface area contributed by atoms with Gasteiger partial charge in [-0.15, -0.1) is 0 Å². The van der Waals surface area contributed by atoms with Gasteiger partial charge < -0.3 is 4.74 Å². The smallest absolute Gasteiger partial charge is 0.169 e. The van der Waals surface area contributed by atoms with Gasteiger partial charge in [0.05, 0.1) is 12.3 Å². The molecule has 2 heterocycles. The number of fused-ring (bicyclic) bond motifs is 1. The molecule has 1 radical (unpaired) electrons. The molecule has 2 rings (SSSR count). The van der Waals surface area contributed by atoms with Gasteiger partial charge in [0.2, 0.25) is 0 Å². The number of nitrogens with zero attached hydrogens (tertiary/aromatic N) is 1. The third kappa shape index (κ3) is 0.686. The number of hydrogen-bond donors (Lipinski definition) is 1. The number of hydrogen-bond acceptors (Lipinski definition) is 2. The average Bonchev–Trinajstić information content (AvgIpc) is 2.33. The molecule has 0 spiro atoms. The zero-order chi connectivity index (χ0) is 6.10. The maximum Gasteiger partial charge on any atom is 0.169 e. The predicted molar refractivity (Wildman–Crippen MR) is 31.2 cm³/mol. The molecule has 1 aromatic heterocycles. The number of aromatic nitrogens is 2. The molecule has 0 amide bonds. The van der Waals surface area contributed by atoms with E-state index in [0.717, 1.165) is 30.9 Å². The third-order valence-corrected chi connectivity index (χ3v) is 1.44. The summed E-state index contributed by atoms with van der Waals surface area (Å²) < 4.78 is 5.21. The lowest BCUT2D eigenvalue weighted by atomic mass is 10.2. The molecule has 47 valence electrons. The molecule has 0 atom stereocenters. The average molecular weight is 123 g/mol. The molecule has 9 heavy (non-hydrogen) atoms. The molecule has 0 saturated heterocycles. The Morgan fingerprint density at radius 2 is 2.67 bits per heavy atom. The van der Waals surface area contributed by atoms with Crippen LogP contribution in [0.2, 0.25) is 0 Å². The van der Waals surface area contributed by atoms with Crippen LogP contribution in [0.3, 0.4) is 0 Å². The lowest BCUT2D eigenvalue weighted by Crippen LogP contribution is -2.06. The van der Waals surface area contributed by atoms with Gasteiger partial charge in [-0.2, -0.15) is 5.10 Å². The van der Waals surface area contributed by atoms with Gasteiger partial charge in [0.25, 0.3) is 0 Å². The summed E-state index contributed by atoms with van der Waals surface area (Å²) in [6, 6.07) is 0. The first-order chi connectivity index (χ1) is 4.47. The molecule has 0 aliphatic carbocycles. The second kappa shape index (κ2) is 1.76. The molecule has 1 aromatic rings. The molecule has 0 fully saturated rings. The molecule has 1 aliphatic rings. The molecule has 1 N–H and O–H groups in total. The zero-order valence-electron chi connectivity index (χ0n) is 4.98. The van der Waals surface area contributed by atoms with Gasteiger partial charge in [0.1, 0.15) is 0 Å². The minimum Gasteiger partial charge on any atom is -0.489 e. The molecule has 1 aliphatic heterocycles. The highest BCUT2D eigenvalue weighted by atomic mass is 16.5. The Bertz CT molecular complexity index is 186. The van der Waals surface area contributed by atoms with Crippen LogP contribution in [0.1, 0.15) is 12.1 Å². The van der Waals surface area contributed by atoms with Crippen LogP contribution in [0.15, 0.2) is 0 Å². The predicted octanol–water partition coefficient (Wildman–Crippen LogP) is 0.535. The molecule has 0 aromatic carbocycles. The van der Waals surface area contributed by atoms with E-state index in [2.05, 4.69) is 16.4 Å². The van der Waals surface area contributed by atoms with Crippen LogP contribution in [-0.4, -0.2) is 16.8 Å². The van der Waals surface area contributed by atoms with Crippen molar-refractivity contribution in [2.45, 2.75) is 12.8 Å². The Morgan fingerprint density at radius 1 is 1.67 bits per heavy atom. The van der Waals surface area contributed by atoms with Gasteiger partial charge >= 0.3 is 0 Å². The van der Waals surface area contributed by atoms with Crippen molar-refractivity contribution < 1.29 is 4.74 Å². The highest BCUT2D eigenvalue weighted by Gasteiger charge is 2.10. The first-order valence-corrected chi connectivity index (χ1v) is 3.04. The summed E-state index contributed by atoms with van der Waals surface area (Å²) >= 11 is 0. The topological polar surface area (TPSA) is 37.9 Å². The van der Waals surface area contributed by atoms with Crippen molar-refractivity contribution in [3.8, 4) is 5.75 Å². The van der Waals surface area contributed by atoms with E-state index in [-0.39, 0.29) is 0 Å². The van der Waals surface area contributed by atoms with Crippen LogP contribution in [0.5, 0.6) is 5.75 Å². The van der Waals surface area contributed by atoms with Gasteiger partial charge in [0, 0.05) is 0 Å². The van der Waals surface area contributed by atoms with E-state index in [1.165, 1.54) is 0 Å². The first-order valence-electron chi connectivity index (χ1n) is 3.04. The van der Waals surface area contributed by atoms with Gasteiger partial charge in [0.15, 0.2) is 11.9 Å². The van der Waals surface area contributed by atoms with Crippen molar-refractivity contribution in [3.63, 3.8) is 0 Å². The summed E-state index contributed by atoms with van der Waals surface area (Å²) in [5.74, 6) is 0.807. The summed E-state index contributed by atoms with van der Waals surface area (Å²) in [6.45, 7) is 0.809. The van der Waals surface area contributed by atoms with Crippen LogP contribution in [-0.2, 0) is 6.42 Å². The molecular formula is C6H7N2O. The Hall–Kier alpha value is -0.990. The Balaban J connectivity index is 2.39. The first kappa shape index (κ1) is 4.85. The summed E-state index contributed by atoms with van der Waals surface area (Å²) in [4.78, 5) is 0. The van der Waals surface area contributed by atoms with Crippen LogP contribution < -0.4 is 4.74 Å². The Labute approximate surface area is 53.0 Å². The quantitative estimate of drug-likeness (QED) is 0.546. The number of aryl methyl sites for hydroxylation is 1. The monoisotopic (exact) mass is 123 g/mol. The Morgan fingerprint density at radius 3 is 3.56 bits per heavy atom. The van der Waals surface area contributed by atoms with Gasteiger partial charge in [-0.25, -0.2) is 0 Å². The second-order valence-electron chi connectivity index (χ2n) is 2.10. The highest BCUT2D eigenvalue weighted by Crippen LogP contribution is 2.19. The van der Waals surface area contributed by atoms with Crippen molar-refractivity contribution >= 4 is 0 Å². The van der Waals surface area contributed by atoms with E-state index in [1.54, 1.807) is 0 Å². The fourth-order valence-corrected chi connectivity index (χ4v) is 0.976. The van der Waals surface area contributed by atoms with Gasteiger partial charge in [-0.3, -0.25) is 5.10 Å². The van der Waals surface area contributed by atoms with Crippen LogP contribution in [0.4, 0.5) is 0 Å². The van der Waals surface area contributed by atoms with Crippen molar-refractivity contribution in [2.24, 2.45) is 0 Å². The largest absolute Gasteiger partial charge is 0.489 e. The van der Waals surface area contributed by atoms with E-state index < -0.39 is 0 Å². The van der Waals surface area contributed by atoms with Gasteiger partial charge in [-0.05, 0) is 12.8 Å². The zero-order valence-corrected chi connectivity index (χ0v) is 4.98. The third-order valence-electron chi connectivity index (χ3n) is 1.44. The molecule has 0 bridgehead atoms. The highest BCUT2D eigenvalue weighted by molar-refractivity contribution is 5.23. The summed E-state index contributed by atoms with van der Waals surface area (Å²) in [5, 5.41) is 6.56. The molecule has 3 heteroatoms. The Kier molecular flexibility index (Phi) is 0.946. The molecule has 0 unspecified atom stereocenters. The number of aromatic amines is 1. The second-order valence-corrected chi connectivity index (χ2v) is 2.10. The fraction of sp³-hybridized carbons (Fsp3) is 0.500. The number of H-pyrrole nitrogens is 1. The molecule has 3 nitrogen and oxygen atoms in total. The van der Waals surface area contributed by atoms with Crippen LogP contribution >= 0.6 is 0 Å². The standard InChI is InChI=1S/C6H7N2O/c1-2-5-6(9-3-1)4-7-8-5/h1-3H2,(H,7,8). The van der Waals surface area contributed by atoms with Crippen molar-refractivity contribution in [3.05, 3.63) is 11.9 Å². The summed E-state index contributed by atoms with van der Waals surface area (Å²) in [5.41, 5.74) is 1.08. The summed E-state index contributed by atoms with van der Waals surface area (Å²) in [6.07, 6.45) is 4.86. The maximum absolute atomic E-state index is 5.21. The molecule has 0 saturated carbocycles. The van der Waals surface area contributed by atoms with Gasteiger partial charge in [-0.1, -0.05) is 0 Å². The van der Waals surface area contributed by atoms with E-state index in [4.69, 9.17) is 4.74 Å². The van der Waals surface area contributed by atoms with Crippen LogP contribution in [0, 0.1) is 6.20 Å². The SMILES string of the molecule is [c]1n[nH]c2c1OCCC2. The van der Waals surface area contributed by atoms with Crippen molar-refractivity contribution in [1.29, 1.82) is 0 Å². The van der Waals surface area contributed by atoms with Crippen LogP contribution in [0.25, 0.3) is 0 Å². The molecular weight excluding hydrogens is 116 g/mol. The number of rotatable bonds is 0. The van der Waals surface area contributed by atoms with Crippen molar-refractivity contribution in [1.82, 2.24) is 10.2 Å². The maximum atomic E-state index is 5.21. The van der Waals surface area contributed by atoms with E-state index in [1.807, 2.05) is 0 Å². The minimum absolute atomic E-state index is 0.807. The normalized spacial score (nSPS) is 16.4. The number of ether oxygens (including phenoxy) is 1. The number of nitrogens with one attached hydrogen (secondary N) is 1. The minimum atomic E-state index is 0.807. The van der Waals surface area contributed by atoms with Crippen molar-refractivity contribution in [2.75, 3.05) is 6.61 Å². The summed E-state index contributed by atoms with van der Waals surface area (Å²) in [7, 11) is 0. The lowest BCUT2D eigenvalue weighted by molar-refractivity contribution is 0.287. The van der Waals surface area contributed by atoms with E-state index >= 15 is 0 Å². The lowest BCUT2D eigenvalue weighted by Gasteiger charge is -2.10. The fourth-order valence-electron chi connectivity index (χ4n) is 0.976. The van der Waals surface area contributed by atoms with E-state index in [9.17, 15) is 0 Å².